The molecule has 0 saturated carbocycles. The van der Waals surface area contributed by atoms with Crippen molar-refractivity contribution < 1.29 is 14.3 Å². The molecule has 0 aliphatic carbocycles. The van der Waals surface area contributed by atoms with E-state index in [9.17, 15) is 4.79 Å². The number of allylic oxidation sites excluding steroid dienone is 1. The number of aromatic amines is 1. The van der Waals surface area contributed by atoms with Crippen LogP contribution >= 0.6 is 0 Å². The molecule has 3 aromatic rings. The van der Waals surface area contributed by atoms with Gasteiger partial charge in [0.25, 0.3) is 5.88 Å². The topological polar surface area (TPSA) is 128 Å². The van der Waals surface area contributed by atoms with Crippen LogP contribution in [0.2, 0.25) is 0 Å². The highest BCUT2D eigenvalue weighted by atomic mass is 16.5. The lowest BCUT2D eigenvalue weighted by atomic mass is 10.1. The molecule has 3 heterocycles. The van der Waals surface area contributed by atoms with Crippen LogP contribution in [0.3, 0.4) is 0 Å². The van der Waals surface area contributed by atoms with E-state index in [1.165, 1.54) is 26.5 Å². The number of aromatic nitrogens is 3. The standard InChI is InChI=1S/C23H26N6O3/c1-14(16-8-20(31-3)23(32-4)28-12-16)29-21(30)6-5-15-11-26-22-19(15)7-17(13-27-22)18(9-24)10-25-2/h5-14H,24H2,1-4H3,(H,26,27)(H,29,30)/b6-5+,18-9+,25-10?. The number of nitrogens with zero attached hydrogens (tertiary/aromatic N) is 3. The second kappa shape index (κ2) is 10.3. The molecular formula is C23H26N6O3. The Labute approximate surface area is 186 Å². The Morgan fingerprint density at radius 1 is 1.25 bits per heavy atom. The lowest BCUT2D eigenvalue weighted by molar-refractivity contribution is -0.117. The first-order valence-electron chi connectivity index (χ1n) is 9.88. The fourth-order valence-corrected chi connectivity index (χ4v) is 3.17. The normalized spacial score (nSPS) is 13.1. The van der Waals surface area contributed by atoms with E-state index < -0.39 is 0 Å². The van der Waals surface area contributed by atoms with E-state index in [2.05, 4.69) is 25.3 Å². The molecule has 3 aromatic heterocycles. The molecule has 9 heteroatoms. The van der Waals surface area contributed by atoms with Crippen LogP contribution < -0.4 is 20.5 Å². The molecule has 4 N–H and O–H groups in total. The summed E-state index contributed by atoms with van der Waals surface area (Å²) in [7, 11) is 4.74. The van der Waals surface area contributed by atoms with Crippen LogP contribution in [-0.2, 0) is 4.79 Å². The van der Waals surface area contributed by atoms with Crippen LogP contribution in [0.4, 0.5) is 0 Å². The molecule has 0 saturated heterocycles. The van der Waals surface area contributed by atoms with Crippen LogP contribution in [0.25, 0.3) is 22.7 Å². The summed E-state index contributed by atoms with van der Waals surface area (Å²) in [6, 6.07) is 3.46. The number of nitrogens with two attached hydrogens (primary N) is 1. The van der Waals surface area contributed by atoms with Gasteiger partial charge in [-0.05, 0) is 30.7 Å². The fourth-order valence-electron chi connectivity index (χ4n) is 3.17. The molecule has 32 heavy (non-hydrogen) atoms. The van der Waals surface area contributed by atoms with Gasteiger partial charge in [-0.25, -0.2) is 9.97 Å². The zero-order valence-electron chi connectivity index (χ0n) is 18.4. The van der Waals surface area contributed by atoms with Crippen LogP contribution in [0.15, 0.2) is 48.0 Å². The average molecular weight is 435 g/mol. The van der Waals surface area contributed by atoms with E-state index in [1.54, 1.807) is 44.0 Å². The van der Waals surface area contributed by atoms with Crippen LogP contribution in [0.1, 0.15) is 29.7 Å². The van der Waals surface area contributed by atoms with E-state index in [1.807, 2.05) is 13.0 Å². The summed E-state index contributed by atoms with van der Waals surface area (Å²) in [4.78, 5) is 28.2. The van der Waals surface area contributed by atoms with Crippen molar-refractivity contribution in [3.63, 3.8) is 0 Å². The summed E-state index contributed by atoms with van der Waals surface area (Å²) in [6.45, 7) is 1.87. The Bertz CT molecular complexity index is 1200. The minimum Gasteiger partial charge on any atom is -0.491 e. The van der Waals surface area contributed by atoms with Gasteiger partial charge >= 0.3 is 0 Å². The molecule has 1 atom stereocenters. The fraction of sp³-hybridized carbons (Fsp3) is 0.217. The highest BCUT2D eigenvalue weighted by Crippen LogP contribution is 2.27. The second-order valence-corrected chi connectivity index (χ2v) is 6.92. The maximum absolute atomic E-state index is 12.5. The minimum absolute atomic E-state index is 0.244. The Hall–Kier alpha value is -4.14. The summed E-state index contributed by atoms with van der Waals surface area (Å²) in [5, 5.41) is 3.79. The third-order valence-electron chi connectivity index (χ3n) is 4.87. The Morgan fingerprint density at radius 2 is 2.06 bits per heavy atom. The number of hydrogen-bond donors (Lipinski definition) is 3. The first-order valence-corrected chi connectivity index (χ1v) is 9.88. The van der Waals surface area contributed by atoms with Crippen LogP contribution in [-0.4, -0.2) is 48.3 Å². The number of methoxy groups -OCH3 is 2. The zero-order valence-corrected chi connectivity index (χ0v) is 18.4. The van der Waals surface area contributed by atoms with Gasteiger partial charge in [0.1, 0.15) is 5.65 Å². The molecule has 0 aliphatic heterocycles. The number of rotatable bonds is 8. The predicted octanol–water partition coefficient (Wildman–Crippen LogP) is 2.87. The third-order valence-corrected chi connectivity index (χ3v) is 4.87. The van der Waals surface area contributed by atoms with E-state index in [4.69, 9.17) is 15.2 Å². The molecule has 0 bridgehead atoms. The number of ether oxygens (including phenoxy) is 2. The van der Waals surface area contributed by atoms with Gasteiger partial charge in [-0.15, -0.1) is 0 Å². The van der Waals surface area contributed by atoms with Crippen molar-refractivity contribution in [2.24, 2.45) is 10.7 Å². The number of hydrogen-bond acceptors (Lipinski definition) is 7. The SMILES string of the molecule is CN=C/C(=C\N)c1cnc2[nH]cc(/C=C/C(=O)NC(C)c3cnc(OC)c(OC)c3)c2c1. The molecule has 0 fully saturated rings. The summed E-state index contributed by atoms with van der Waals surface area (Å²) in [6.07, 6.45) is 11.5. The largest absolute Gasteiger partial charge is 0.491 e. The summed E-state index contributed by atoms with van der Waals surface area (Å²) in [5.41, 5.74) is 9.63. The van der Waals surface area contributed by atoms with E-state index in [0.717, 1.165) is 27.6 Å². The number of aliphatic imine (C=N–C) groups is 1. The van der Waals surface area contributed by atoms with Gasteiger partial charge in [-0.3, -0.25) is 9.79 Å². The van der Waals surface area contributed by atoms with Gasteiger partial charge in [-0.2, -0.15) is 0 Å². The molecule has 0 radical (unpaired) electrons. The Balaban J connectivity index is 1.76. The molecule has 166 valence electrons. The van der Waals surface area contributed by atoms with E-state index >= 15 is 0 Å². The summed E-state index contributed by atoms with van der Waals surface area (Å²) in [5.74, 6) is 0.647. The van der Waals surface area contributed by atoms with E-state index in [-0.39, 0.29) is 11.9 Å². The number of pyridine rings is 2. The molecule has 1 amide bonds. The highest BCUT2D eigenvalue weighted by Gasteiger charge is 2.13. The molecule has 0 aliphatic rings. The lowest BCUT2D eigenvalue weighted by Crippen LogP contribution is -2.24. The molecule has 1 unspecified atom stereocenters. The van der Waals surface area contributed by atoms with E-state index in [0.29, 0.717) is 17.3 Å². The Morgan fingerprint density at radius 3 is 2.75 bits per heavy atom. The van der Waals surface area contributed by atoms with Crippen LogP contribution in [0.5, 0.6) is 11.6 Å². The number of amides is 1. The van der Waals surface area contributed by atoms with Crippen LogP contribution in [0, 0.1) is 0 Å². The Kier molecular flexibility index (Phi) is 7.22. The van der Waals surface area contributed by atoms with Gasteiger partial charge in [-0.1, -0.05) is 0 Å². The monoisotopic (exact) mass is 434 g/mol. The summed E-state index contributed by atoms with van der Waals surface area (Å²) < 4.78 is 10.4. The highest BCUT2D eigenvalue weighted by molar-refractivity contribution is 6.10. The predicted molar refractivity (Wildman–Crippen MR) is 126 cm³/mol. The van der Waals surface area contributed by atoms with Crippen molar-refractivity contribution in [1.29, 1.82) is 0 Å². The zero-order chi connectivity index (χ0) is 23.1. The first kappa shape index (κ1) is 22.5. The van der Waals surface area contributed by atoms with Crippen molar-refractivity contribution >= 4 is 34.8 Å². The molecular weight excluding hydrogens is 408 g/mol. The number of nitrogens with one attached hydrogen (secondary N) is 2. The van der Waals surface area contributed by atoms with Crippen molar-refractivity contribution in [2.45, 2.75) is 13.0 Å². The van der Waals surface area contributed by atoms with Crippen molar-refractivity contribution in [3.8, 4) is 11.6 Å². The minimum atomic E-state index is -0.277. The number of carbonyl (C=O) groups excluding carboxylic acids is 1. The van der Waals surface area contributed by atoms with Crippen molar-refractivity contribution in [1.82, 2.24) is 20.3 Å². The van der Waals surface area contributed by atoms with Gasteiger partial charge in [0, 0.05) is 66.2 Å². The van der Waals surface area contributed by atoms with Crippen molar-refractivity contribution in [2.75, 3.05) is 21.3 Å². The molecule has 0 aromatic carbocycles. The van der Waals surface area contributed by atoms with Gasteiger partial charge in [0.05, 0.1) is 20.3 Å². The first-order chi connectivity index (χ1) is 15.5. The number of carbonyl (C=O) groups is 1. The average Bonchev–Trinajstić information content (AvgIpc) is 3.22. The molecule has 9 nitrogen and oxygen atoms in total. The summed E-state index contributed by atoms with van der Waals surface area (Å²) >= 11 is 0. The number of fused-ring (bicyclic) bond motifs is 1. The molecule has 3 rings (SSSR count). The smallest absolute Gasteiger partial charge is 0.256 e. The maximum Gasteiger partial charge on any atom is 0.256 e. The molecule has 0 spiro atoms. The van der Waals surface area contributed by atoms with Crippen molar-refractivity contribution in [3.05, 3.63) is 59.7 Å². The second-order valence-electron chi connectivity index (χ2n) is 6.92. The third kappa shape index (κ3) is 4.94. The maximum atomic E-state index is 12.5. The number of H-pyrrole nitrogens is 1. The van der Waals surface area contributed by atoms with Gasteiger partial charge in [0.15, 0.2) is 5.75 Å². The quantitative estimate of drug-likeness (QED) is 0.369. The van der Waals surface area contributed by atoms with Gasteiger partial charge < -0.3 is 25.5 Å². The lowest BCUT2D eigenvalue weighted by Gasteiger charge is -2.14. The van der Waals surface area contributed by atoms with Gasteiger partial charge in [0.2, 0.25) is 5.91 Å².